The minimum Gasteiger partial charge on any atom is -0.495 e. The Morgan fingerprint density at radius 1 is 1.05 bits per heavy atom. The summed E-state index contributed by atoms with van der Waals surface area (Å²) in [6, 6.07) is 3.29. The van der Waals surface area contributed by atoms with Crippen molar-refractivity contribution >= 4 is 46.1 Å². The lowest BCUT2D eigenvalue weighted by atomic mass is 10.0. The molecule has 10 nitrogen and oxygen atoms in total. The first kappa shape index (κ1) is 28.9. The number of anilines is 1. The molecule has 1 aliphatic heterocycles. The van der Waals surface area contributed by atoms with Crippen molar-refractivity contribution in [2.75, 3.05) is 59.3 Å². The SMILES string of the molecule is CCCC(=O)N1CCN(CCCn2c(=O)c(-c3c(Cl)c(OC)cc(OC)c3Cl)cc3cnc(NC)nc32)CC1. The van der Waals surface area contributed by atoms with Crippen LogP contribution < -0.4 is 20.3 Å². The number of hydrogen-bond acceptors (Lipinski definition) is 8. The fraction of sp³-hybridized carbons (Fsp3) is 0.481. The topological polar surface area (TPSA) is 102 Å². The molecule has 3 aromatic rings. The predicted molar refractivity (Wildman–Crippen MR) is 154 cm³/mol. The normalized spacial score (nSPS) is 14.1. The van der Waals surface area contributed by atoms with Crippen molar-refractivity contribution in [3.63, 3.8) is 0 Å². The highest BCUT2D eigenvalue weighted by Gasteiger charge is 2.24. The second-order valence-electron chi connectivity index (χ2n) is 9.35. The van der Waals surface area contributed by atoms with E-state index in [1.54, 1.807) is 29.9 Å². The molecule has 0 bridgehead atoms. The lowest BCUT2D eigenvalue weighted by molar-refractivity contribution is -0.133. The number of benzene rings is 1. The summed E-state index contributed by atoms with van der Waals surface area (Å²) in [6.07, 6.45) is 3.83. The van der Waals surface area contributed by atoms with Crippen molar-refractivity contribution in [3.05, 3.63) is 38.7 Å². The zero-order valence-corrected chi connectivity index (χ0v) is 24.2. The van der Waals surface area contributed by atoms with Gasteiger partial charge in [-0.25, -0.2) is 4.98 Å². The number of amides is 1. The number of methoxy groups -OCH3 is 2. The Morgan fingerprint density at radius 3 is 2.31 bits per heavy atom. The summed E-state index contributed by atoms with van der Waals surface area (Å²) in [7, 11) is 4.71. The minimum atomic E-state index is -0.280. The molecule has 39 heavy (non-hydrogen) atoms. The number of nitrogens with zero attached hydrogens (tertiary/aromatic N) is 5. The average molecular weight is 578 g/mol. The maximum atomic E-state index is 14.0. The largest absolute Gasteiger partial charge is 0.495 e. The van der Waals surface area contributed by atoms with Crippen LogP contribution in [-0.2, 0) is 11.3 Å². The van der Waals surface area contributed by atoms with E-state index in [4.69, 9.17) is 32.7 Å². The van der Waals surface area contributed by atoms with Crippen molar-refractivity contribution in [1.82, 2.24) is 24.3 Å². The number of carbonyl (C=O) groups is 1. The van der Waals surface area contributed by atoms with Gasteiger partial charge in [-0.1, -0.05) is 30.1 Å². The van der Waals surface area contributed by atoms with E-state index in [1.165, 1.54) is 14.2 Å². The maximum Gasteiger partial charge on any atom is 0.260 e. The molecule has 210 valence electrons. The van der Waals surface area contributed by atoms with E-state index in [9.17, 15) is 9.59 Å². The summed E-state index contributed by atoms with van der Waals surface area (Å²) in [5.41, 5.74) is 0.872. The lowest BCUT2D eigenvalue weighted by Crippen LogP contribution is -2.48. The lowest BCUT2D eigenvalue weighted by Gasteiger charge is -2.34. The van der Waals surface area contributed by atoms with Crippen LogP contribution in [0.1, 0.15) is 26.2 Å². The van der Waals surface area contributed by atoms with Gasteiger partial charge in [-0.2, -0.15) is 4.98 Å². The summed E-state index contributed by atoms with van der Waals surface area (Å²) in [5.74, 6) is 1.32. The summed E-state index contributed by atoms with van der Waals surface area (Å²) >= 11 is 13.3. The molecule has 2 aromatic heterocycles. The number of pyridine rings is 1. The zero-order chi connectivity index (χ0) is 28.1. The van der Waals surface area contributed by atoms with Crippen LogP contribution in [0.3, 0.4) is 0 Å². The Balaban J connectivity index is 1.66. The third-order valence-corrected chi connectivity index (χ3v) is 7.69. The van der Waals surface area contributed by atoms with Gasteiger partial charge < -0.3 is 19.7 Å². The van der Waals surface area contributed by atoms with Gasteiger partial charge in [0.2, 0.25) is 11.9 Å². The first-order valence-corrected chi connectivity index (χ1v) is 13.8. The molecule has 0 saturated carbocycles. The summed E-state index contributed by atoms with van der Waals surface area (Å²) in [4.78, 5) is 39.4. The molecule has 1 saturated heterocycles. The molecular formula is C27H34Cl2N6O4. The first-order valence-electron chi connectivity index (χ1n) is 13.0. The number of fused-ring (bicyclic) bond motifs is 1. The van der Waals surface area contributed by atoms with Crippen LogP contribution >= 0.6 is 23.2 Å². The quantitative estimate of drug-likeness (QED) is 0.384. The van der Waals surface area contributed by atoms with Gasteiger partial charge in [-0.05, 0) is 25.5 Å². The molecule has 0 unspecified atom stereocenters. The van der Waals surface area contributed by atoms with Gasteiger partial charge in [0.1, 0.15) is 17.1 Å². The second-order valence-corrected chi connectivity index (χ2v) is 10.1. The zero-order valence-electron chi connectivity index (χ0n) is 22.7. The van der Waals surface area contributed by atoms with E-state index in [0.29, 0.717) is 59.0 Å². The molecule has 0 spiro atoms. The number of aromatic nitrogens is 3. The monoisotopic (exact) mass is 576 g/mol. The first-order chi connectivity index (χ1) is 18.8. The van der Waals surface area contributed by atoms with Crippen LogP contribution in [0.4, 0.5) is 5.95 Å². The van der Waals surface area contributed by atoms with Crippen molar-refractivity contribution in [2.24, 2.45) is 0 Å². The Kier molecular flexibility index (Phi) is 9.53. The molecule has 1 N–H and O–H groups in total. The highest BCUT2D eigenvalue weighted by atomic mass is 35.5. The van der Waals surface area contributed by atoms with Crippen molar-refractivity contribution < 1.29 is 14.3 Å². The van der Waals surface area contributed by atoms with Crippen LogP contribution in [0.25, 0.3) is 22.2 Å². The van der Waals surface area contributed by atoms with Gasteiger partial charge in [-0.3, -0.25) is 19.1 Å². The third-order valence-electron chi connectivity index (χ3n) is 6.94. The maximum absolute atomic E-state index is 14.0. The second kappa shape index (κ2) is 12.8. The number of rotatable bonds is 10. The van der Waals surface area contributed by atoms with Gasteiger partial charge in [0.25, 0.3) is 5.56 Å². The third kappa shape index (κ3) is 6.08. The fourth-order valence-electron chi connectivity index (χ4n) is 4.83. The molecule has 0 radical (unpaired) electrons. The minimum absolute atomic E-state index is 0.217. The number of piperazine rings is 1. The van der Waals surface area contributed by atoms with Crippen LogP contribution in [0.15, 0.2) is 23.1 Å². The Labute approximate surface area is 237 Å². The number of halogens is 2. The van der Waals surface area contributed by atoms with E-state index < -0.39 is 0 Å². The fourth-order valence-corrected chi connectivity index (χ4v) is 5.54. The molecule has 4 rings (SSSR count). The Morgan fingerprint density at radius 2 is 1.72 bits per heavy atom. The van der Waals surface area contributed by atoms with Crippen molar-refractivity contribution in [2.45, 2.75) is 32.7 Å². The predicted octanol–water partition coefficient (Wildman–Crippen LogP) is 4.16. The average Bonchev–Trinajstić information content (AvgIpc) is 2.95. The number of ether oxygens (including phenoxy) is 2. The van der Waals surface area contributed by atoms with Crippen LogP contribution in [0, 0.1) is 0 Å². The summed E-state index contributed by atoms with van der Waals surface area (Å²) < 4.78 is 12.5. The molecule has 12 heteroatoms. The standard InChI is InChI=1S/C27H34Cl2N6O4/c1-5-7-21(36)34-12-10-33(11-13-34)8-6-9-35-25-17(16-31-27(30-2)32-25)14-18(26(35)37)22-23(28)19(38-3)15-20(39-4)24(22)29/h14-16H,5-13H2,1-4H3,(H,30,31,32). The summed E-state index contributed by atoms with van der Waals surface area (Å²) in [5, 5.41) is 4.04. The van der Waals surface area contributed by atoms with Gasteiger partial charge in [0.15, 0.2) is 0 Å². The molecular weight excluding hydrogens is 543 g/mol. The van der Waals surface area contributed by atoms with Gasteiger partial charge in [0, 0.05) is 69.4 Å². The van der Waals surface area contributed by atoms with E-state index in [0.717, 1.165) is 39.1 Å². The number of nitrogens with one attached hydrogen (secondary N) is 1. The Hall–Kier alpha value is -3.08. The molecule has 1 aliphatic rings. The Bertz CT molecular complexity index is 1380. The number of hydrogen-bond donors (Lipinski definition) is 1. The van der Waals surface area contributed by atoms with Crippen molar-refractivity contribution in [1.29, 1.82) is 0 Å². The molecule has 1 fully saturated rings. The van der Waals surface area contributed by atoms with E-state index in [-0.39, 0.29) is 21.5 Å². The van der Waals surface area contributed by atoms with Crippen LogP contribution in [0.5, 0.6) is 11.5 Å². The van der Waals surface area contributed by atoms with Crippen LogP contribution in [-0.4, -0.2) is 84.2 Å². The van der Waals surface area contributed by atoms with Gasteiger partial charge >= 0.3 is 0 Å². The molecule has 3 heterocycles. The molecule has 0 aliphatic carbocycles. The van der Waals surface area contributed by atoms with Crippen molar-refractivity contribution in [3.8, 4) is 22.6 Å². The summed E-state index contributed by atoms with van der Waals surface area (Å²) in [6.45, 7) is 6.31. The van der Waals surface area contributed by atoms with Gasteiger partial charge in [-0.15, -0.1) is 0 Å². The highest BCUT2D eigenvalue weighted by molar-refractivity contribution is 6.41. The van der Waals surface area contributed by atoms with E-state index in [1.807, 2.05) is 11.8 Å². The number of carbonyl (C=O) groups excluding carboxylic acids is 1. The van der Waals surface area contributed by atoms with Gasteiger partial charge in [0.05, 0.1) is 29.8 Å². The molecule has 1 amide bonds. The number of aryl methyl sites for hydroxylation is 1. The molecule has 1 aromatic carbocycles. The van der Waals surface area contributed by atoms with E-state index >= 15 is 0 Å². The van der Waals surface area contributed by atoms with E-state index in [2.05, 4.69) is 20.2 Å². The highest BCUT2D eigenvalue weighted by Crippen LogP contribution is 2.45. The smallest absolute Gasteiger partial charge is 0.260 e. The molecule has 0 atom stereocenters. The van der Waals surface area contributed by atoms with Crippen LogP contribution in [0.2, 0.25) is 10.0 Å².